The van der Waals surface area contributed by atoms with E-state index in [2.05, 4.69) is 64.6 Å². The average molecular weight is 464 g/mol. The highest BCUT2D eigenvalue weighted by Gasteiger charge is 2.23. The van der Waals surface area contributed by atoms with Crippen molar-refractivity contribution < 1.29 is 4.79 Å². The van der Waals surface area contributed by atoms with Crippen LogP contribution in [-0.2, 0) is 11.2 Å². The first kappa shape index (κ1) is 25.2. The molecule has 34 heavy (non-hydrogen) atoms. The van der Waals surface area contributed by atoms with E-state index in [0.717, 1.165) is 50.5 Å². The van der Waals surface area contributed by atoms with E-state index >= 15 is 0 Å². The Kier molecular flexibility index (Phi) is 9.82. The van der Waals surface area contributed by atoms with Gasteiger partial charge in [-0.15, -0.1) is 0 Å². The standard InChI is InChI=1S/C30H45N3O/c1-32(24-26-10-3-2-4-11-26)19-8-7-18-31-23-25-16-20-33(21-17-25)30(34)22-28-14-9-13-27-12-5-6-15-29(27)28/h5-6,9,12-15,25-26,31H,2-4,7-8,10-11,16-24H2,1H3. The molecule has 186 valence electrons. The molecule has 0 spiro atoms. The summed E-state index contributed by atoms with van der Waals surface area (Å²) in [6.07, 6.45) is 12.5. The van der Waals surface area contributed by atoms with Crippen LogP contribution in [0.5, 0.6) is 0 Å². The molecule has 1 heterocycles. The highest BCUT2D eigenvalue weighted by Crippen LogP contribution is 2.24. The van der Waals surface area contributed by atoms with Crippen molar-refractivity contribution in [3.05, 3.63) is 48.0 Å². The molecule has 1 aliphatic carbocycles. The van der Waals surface area contributed by atoms with E-state index in [4.69, 9.17) is 0 Å². The lowest BCUT2D eigenvalue weighted by atomic mass is 9.89. The molecule has 1 N–H and O–H groups in total. The second-order valence-corrected chi connectivity index (χ2v) is 10.8. The SMILES string of the molecule is CN(CCCCNCC1CCN(C(=O)Cc2cccc3ccccc23)CC1)CC1CCCCC1. The van der Waals surface area contributed by atoms with E-state index in [-0.39, 0.29) is 5.91 Å². The molecule has 0 atom stereocenters. The van der Waals surface area contributed by atoms with E-state index < -0.39 is 0 Å². The molecule has 1 saturated carbocycles. The van der Waals surface area contributed by atoms with Gasteiger partial charge in [0.15, 0.2) is 0 Å². The third-order valence-corrected chi connectivity index (χ3v) is 8.06. The number of carbonyl (C=O) groups is 1. The molecule has 0 bridgehead atoms. The summed E-state index contributed by atoms with van der Waals surface area (Å²) < 4.78 is 0. The van der Waals surface area contributed by atoms with Crippen molar-refractivity contribution >= 4 is 16.7 Å². The van der Waals surface area contributed by atoms with Crippen LogP contribution in [0.25, 0.3) is 10.8 Å². The Hall–Kier alpha value is -1.91. The predicted molar refractivity (Wildman–Crippen MR) is 143 cm³/mol. The molecule has 1 aliphatic heterocycles. The van der Waals surface area contributed by atoms with Gasteiger partial charge in [0.05, 0.1) is 6.42 Å². The van der Waals surface area contributed by atoms with E-state index in [1.165, 1.54) is 68.8 Å². The first-order valence-corrected chi connectivity index (χ1v) is 13.8. The highest BCUT2D eigenvalue weighted by molar-refractivity contribution is 5.90. The van der Waals surface area contributed by atoms with Gasteiger partial charge in [0.2, 0.25) is 5.91 Å². The summed E-state index contributed by atoms with van der Waals surface area (Å²) in [4.78, 5) is 17.6. The van der Waals surface area contributed by atoms with Crippen molar-refractivity contribution in [2.45, 2.75) is 64.2 Å². The average Bonchev–Trinajstić information content (AvgIpc) is 2.87. The molecule has 2 aliphatic rings. The Labute approximate surface area is 207 Å². The van der Waals surface area contributed by atoms with Gasteiger partial charge in [0.1, 0.15) is 0 Å². The van der Waals surface area contributed by atoms with Crippen molar-refractivity contribution in [2.24, 2.45) is 11.8 Å². The minimum atomic E-state index is 0.278. The van der Waals surface area contributed by atoms with Crippen molar-refractivity contribution in [3.63, 3.8) is 0 Å². The summed E-state index contributed by atoms with van der Waals surface area (Å²) in [5, 5.41) is 6.11. The molecular weight excluding hydrogens is 418 g/mol. The summed E-state index contributed by atoms with van der Waals surface area (Å²) in [6.45, 7) is 6.56. The molecule has 4 rings (SSSR count). The van der Waals surface area contributed by atoms with Crippen LogP contribution in [0.4, 0.5) is 0 Å². The number of carbonyl (C=O) groups excluding carboxylic acids is 1. The summed E-state index contributed by atoms with van der Waals surface area (Å²) in [5.41, 5.74) is 1.15. The maximum absolute atomic E-state index is 12.9. The topological polar surface area (TPSA) is 35.6 Å². The third-order valence-electron chi connectivity index (χ3n) is 8.06. The third kappa shape index (κ3) is 7.55. The molecule has 0 unspecified atom stereocenters. The smallest absolute Gasteiger partial charge is 0.227 e. The maximum atomic E-state index is 12.9. The molecular formula is C30H45N3O. The molecule has 2 aromatic carbocycles. The van der Waals surface area contributed by atoms with Gasteiger partial charge in [-0.25, -0.2) is 0 Å². The molecule has 4 heteroatoms. The lowest BCUT2D eigenvalue weighted by Gasteiger charge is -2.32. The lowest BCUT2D eigenvalue weighted by molar-refractivity contribution is -0.131. The van der Waals surface area contributed by atoms with Gasteiger partial charge in [0, 0.05) is 19.6 Å². The number of rotatable bonds is 11. The zero-order valence-corrected chi connectivity index (χ0v) is 21.3. The van der Waals surface area contributed by atoms with Crippen LogP contribution in [0.2, 0.25) is 0 Å². The molecule has 1 amide bonds. The summed E-state index contributed by atoms with van der Waals surface area (Å²) in [7, 11) is 2.30. The Morgan fingerprint density at radius 1 is 0.941 bits per heavy atom. The molecule has 0 aromatic heterocycles. The second-order valence-electron chi connectivity index (χ2n) is 10.8. The van der Waals surface area contributed by atoms with Crippen LogP contribution in [-0.4, -0.2) is 62.0 Å². The zero-order chi connectivity index (χ0) is 23.6. The summed E-state index contributed by atoms with van der Waals surface area (Å²) in [6, 6.07) is 14.7. The largest absolute Gasteiger partial charge is 0.342 e. The van der Waals surface area contributed by atoms with Gasteiger partial charge in [-0.1, -0.05) is 61.7 Å². The van der Waals surface area contributed by atoms with Crippen LogP contribution in [0.1, 0.15) is 63.4 Å². The first-order chi connectivity index (χ1) is 16.7. The number of amides is 1. The number of piperidine rings is 1. The monoisotopic (exact) mass is 463 g/mol. The summed E-state index contributed by atoms with van der Waals surface area (Å²) in [5.74, 6) is 1.93. The minimum Gasteiger partial charge on any atom is -0.342 e. The van der Waals surface area contributed by atoms with Crippen molar-refractivity contribution in [3.8, 4) is 0 Å². The van der Waals surface area contributed by atoms with Gasteiger partial charge in [-0.2, -0.15) is 0 Å². The van der Waals surface area contributed by atoms with Crippen LogP contribution in [0.15, 0.2) is 42.5 Å². The van der Waals surface area contributed by atoms with Crippen molar-refractivity contribution in [2.75, 3.05) is 46.3 Å². The predicted octanol–water partition coefficient (Wildman–Crippen LogP) is 5.50. The van der Waals surface area contributed by atoms with Gasteiger partial charge in [0.25, 0.3) is 0 Å². The Bertz CT molecular complexity index is 878. The first-order valence-electron chi connectivity index (χ1n) is 13.8. The Morgan fingerprint density at radius 3 is 2.53 bits per heavy atom. The fourth-order valence-electron chi connectivity index (χ4n) is 5.95. The number of nitrogens with one attached hydrogen (secondary N) is 1. The zero-order valence-electron chi connectivity index (χ0n) is 21.3. The Balaban J connectivity index is 1.07. The summed E-state index contributed by atoms with van der Waals surface area (Å²) >= 11 is 0. The molecule has 2 aromatic rings. The molecule has 2 fully saturated rings. The number of hydrogen-bond acceptors (Lipinski definition) is 3. The van der Waals surface area contributed by atoms with Crippen LogP contribution < -0.4 is 5.32 Å². The van der Waals surface area contributed by atoms with E-state index in [1.807, 2.05) is 0 Å². The number of hydrogen-bond donors (Lipinski definition) is 1. The van der Waals surface area contributed by atoms with E-state index in [0.29, 0.717) is 12.3 Å². The van der Waals surface area contributed by atoms with E-state index in [9.17, 15) is 4.79 Å². The van der Waals surface area contributed by atoms with E-state index in [1.54, 1.807) is 0 Å². The number of likely N-dealkylation sites (tertiary alicyclic amines) is 1. The molecule has 1 saturated heterocycles. The van der Waals surface area contributed by atoms with Gasteiger partial charge in [-0.05, 0) is 93.4 Å². The van der Waals surface area contributed by atoms with Crippen molar-refractivity contribution in [1.29, 1.82) is 0 Å². The maximum Gasteiger partial charge on any atom is 0.227 e. The van der Waals surface area contributed by atoms with Gasteiger partial charge >= 0.3 is 0 Å². The number of nitrogens with zero attached hydrogens (tertiary/aromatic N) is 2. The number of unbranched alkanes of at least 4 members (excludes halogenated alkanes) is 1. The number of fused-ring (bicyclic) bond motifs is 1. The van der Waals surface area contributed by atoms with Crippen molar-refractivity contribution in [1.82, 2.24) is 15.1 Å². The Morgan fingerprint density at radius 2 is 1.71 bits per heavy atom. The normalized spacial score (nSPS) is 18.1. The van der Waals surface area contributed by atoms with Crippen LogP contribution in [0.3, 0.4) is 0 Å². The minimum absolute atomic E-state index is 0.278. The molecule has 4 nitrogen and oxygen atoms in total. The van der Waals surface area contributed by atoms with Crippen LogP contribution in [0, 0.1) is 11.8 Å². The highest BCUT2D eigenvalue weighted by atomic mass is 16.2. The fraction of sp³-hybridized carbons (Fsp3) is 0.633. The second kappa shape index (κ2) is 13.3. The van der Waals surface area contributed by atoms with Gasteiger partial charge < -0.3 is 15.1 Å². The molecule has 0 radical (unpaired) electrons. The number of benzene rings is 2. The van der Waals surface area contributed by atoms with Crippen LogP contribution >= 0.6 is 0 Å². The fourth-order valence-corrected chi connectivity index (χ4v) is 5.95. The lowest BCUT2D eigenvalue weighted by Crippen LogP contribution is -2.41. The van der Waals surface area contributed by atoms with Gasteiger partial charge in [-0.3, -0.25) is 4.79 Å². The quantitative estimate of drug-likeness (QED) is 0.447.